The first-order valence-electron chi connectivity index (χ1n) is 3.36. The van der Waals surface area contributed by atoms with E-state index in [-0.39, 0.29) is 12.2 Å². The fourth-order valence-electron chi connectivity index (χ4n) is 0.729. The molecular formula is C7H14N4. The van der Waals surface area contributed by atoms with Crippen molar-refractivity contribution in [2.45, 2.75) is 19.4 Å². The fraction of sp³-hybridized carbons (Fsp3) is 0.429. The number of nitrogens with two attached hydrogens (primary N) is 1. The zero-order valence-corrected chi connectivity index (χ0v) is 6.70. The van der Waals surface area contributed by atoms with Crippen molar-refractivity contribution in [1.29, 1.82) is 0 Å². The summed E-state index contributed by atoms with van der Waals surface area (Å²) in [4.78, 5) is 7.81. The summed E-state index contributed by atoms with van der Waals surface area (Å²) in [6, 6.07) is 1.90. The minimum absolute atomic E-state index is 0. The Labute approximate surface area is 66.4 Å². The van der Waals surface area contributed by atoms with Crippen LogP contribution in [-0.2, 0) is 0 Å². The third-order valence-electron chi connectivity index (χ3n) is 1.42. The highest BCUT2D eigenvalue weighted by molar-refractivity contribution is 5.02. The van der Waals surface area contributed by atoms with Crippen molar-refractivity contribution in [2.24, 2.45) is 5.73 Å². The molecule has 1 atom stereocenters. The van der Waals surface area contributed by atoms with E-state index in [1.54, 1.807) is 6.20 Å². The summed E-state index contributed by atoms with van der Waals surface area (Å²) < 4.78 is 0. The predicted octanol–water partition coefficient (Wildman–Crippen LogP) is 1.05. The van der Waals surface area contributed by atoms with Gasteiger partial charge >= 0.3 is 0 Å². The van der Waals surface area contributed by atoms with Crippen molar-refractivity contribution in [2.75, 3.05) is 0 Å². The van der Waals surface area contributed by atoms with E-state index in [1.807, 2.05) is 13.0 Å². The van der Waals surface area contributed by atoms with E-state index in [9.17, 15) is 0 Å². The number of aromatic nitrogens is 2. The third kappa shape index (κ3) is 2.61. The summed E-state index contributed by atoms with van der Waals surface area (Å²) in [5.74, 6) is 0. The summed E-state index contributed by atoms with van der Waals surface area (Å²) in [5, 5.41) is 0. The summed E-state index contributed by atoms with van der Waals surface area (Å²) in [6.07, 6.45) is 4.14. The number of rotatable bonds is 2. The summed E-state index contributed by atoms with van der Waals surface area (Å²) in [5.41, 5.74) is 6.62. The quantitative estimate of drug-likeness (QED) is 0.666. The van der Waals surface area contributed by atoms with Crippen molar-refractivity contribution < 1.29 is 0 Å². The molecule has 0 saturated heterocycles. The van der Waals surface area contributed by atoms with Crippen LogP contribution in [0.3, 0.4) is 0 Å². The molecule has 0 saturated carbocycles. The van der Waals surface area contributed by atoms with Crippen LogP contribution in [0.1, 0.15) is 25.1 Å². The summed E-state index contributed by atoms with van der Waals surface area (Å²) >= 11 is 0. The normalized spacial score (nSPS) is 11.8. The van der Waals surface area contributed by atoms with Gasteiger partial charge in [0.2, 0.25) is 0 Å². The maximum atomic E-state index is 5.70. The standard InChI is InChI=1S/C7H11N3.H3N/c1-2-6(8)7-3-4-9-5-10-7;/h3-6H,2,8H2,1H3;1H3. The highest BCUT2D eigenvalue weighted by atomic mass is 14.8. The van der Waals surface area contributed by atoms with Gasteiger partial charge < -0.3 is 11.9 Å². The molecule has 62 valence electrons. The first-order valence-corrected chi connectivity index (χ1v) is 3.36. The largest absolute Gasteiger partial charge is 0.344 e. The van der Waals surface area contributed by atoms with Crippen LogP contribution in [0.2, 0.25) is 0 Å². The lowest BCUT2D eigenvalue weighted by Gasteiger charge is -2.05. The average molecular weight is 154 g/mol. The molecule has 0 bridgehead atoms. The van der Waals surface area contributed by atoms with Crippen LogP contribution in [0.15, 0.2) is 18.6 Å². The van der Waals surface area contributed by atoms with Gasteiger partial charge in [0.25, 0.3) is 0 Å². The van der Waals surface area contributed by atoms with E-state index in [0.29, 0.717) is 0 Å². The molecule has 1 rings (SSSR count). The van der Waals surface area contributed by atoms with Crippen molar-refractivity contribution in [3.05, 3.63) is 24.3 Å². The first kappa shape index (κ1) is 10.0. The molecular weight excluding hydrogens is 140 g/mol. The number of nitrogens with zero attached hydrogens (tertiary/aromatic N) is 2. The fourth-order valence-corrected chi connectivity index (χ4v) is 0.729. The Morgan fingerprint density at radius 2 is 2.36 bits per heavy atom. The molecule has 0 fully saturated rings. The smallest absolute Gasteiger partial charge is 0.115 e. The van der Waals surface area contributed by atoms with Crippen LogP contribution < -0.4 is 11.9 Å². The van der Waals surface area contributed by atoms with E-state index in [1.165, 1.54) is 6.33 Å². The molecule has 0 aromatic carbocycles. The van der Waals surface area contributed by atoms with Crippen LogP contribution in [-0.4, -0.2) is 9.97 Å². The van der Waals surface area contributed by atoms with Crippen LogP contribution in [0.5, 0.6) is 0 Å². The van der Waals surface area contributed by atoms with Gasteiger partial charge in [-0.1, -0.05) is 6.92 Å². The zero-order valence-electron chi connectivity index (χ0n) is 6.70. The molecule has 1 unspecified atom stereocenters. The van der Waals surface area contributed by atoms with Gasteiger partial charge in [0, 0.05) is 12.2 Å². The van der Waals surface area contributed by atoms with E-state index in [4.69, 9.17) is 5.73 Å². The summed E-state index contributed by atoms with van der Waals surface area (Å²) in [6.45, 7) is 2.03. The molecule has 1 aromatic heterocycles. The van der Waals surface area contributed by atoms with Gasteiger partial charge in [-0.05, 0) is 12.5 Å². The molecule has 0 aliphatic heterocycles. The maximum Gasteiger partial charge on any atom is 0.115 e. The van der Waals surface area contributed by atoms with E-state index in [2.05, 4.69) is 9.97 Å². The highest BCUT2D eigenvalue weighted by Crippen LogP contribution is 2.07. The third-order valence-corrected chi connectivity index (χ3v) is 1.42. The summed E-state index contributed by atoms with van der Waals surface area (Å²) in [7, 11) is 0. The van der Waals surface area contributed by atoms with Gasteiger partial charge in [-0.25, -0.2) is 9.97 Å². The molecule has 11 heavy (non-hydrogen) atoms. The Kier molecular flexibility index (Phi) is 4.33. The van der Waals surface area contributed by atoms with Crippen molar-refractivity contribution in [3.8, 4) is 0 Å². The van der Waals surface area contributed by atoms with Gasteiger partial charge in [0.05, 0.1) is 5.69 Å². The van der Waals surface area contributed by atoms with E-state index < -0.39 is 0 Å². The lowest BCUT2D eigenvalue weighted by atomic mass is 10.2. The predicted molar refractivity (Wildman–Crippen MR) is 44.3 cm³/mol. The van der Waals surface area contributed by atoms with Crippen LogP contribution in [0.25, 0.3) is 0 Å². The molecule has 0 amide bonds. The molecule has 5 N–H and O–H groups in total. The van der Waals surface area contributed by atoms with Gasteiger partial charge in [0.1, 0.15) is 6.33 Å². The highest BCUT2D eigenvalue weighted by Gasteiger charge is 2.01. The van der Waals surface area contributed by atoms with Crippen LogP contribution in [0.4, 0.5) is 0 Å². The number of hydrogen-bond donors (Lipinski definition) is 2. The first-order chi connectivity index (χ1) is 4.84. The van der Waals surface area contributed by atoms with E-state index >= 15 is 0 Å². The van der Waals surface area contributed by atoms with Crippen molar-refractivity contribution in [1.82, 2.24) is 16.1 Å². The van der Waals surface area contributed by atoms with Crippen LogP contribution in [0, 0.1) is 0 Å². The molecule has 0 radical (unpaired) electrons. The lowest BCUT2D eigenvalue weighted by molar-refractivity contribution is 0.672. The number of hydrogen-bond acceptors (Lipinski definition) is 4. The molecule has 4 heteroatoms. The second-order valence-corrected chi connectivity index (χ2v) is 2.15. The maximum absolute atomic E-state index is 5.70. The Bertz CT molecular complexity index is 187. The van der Waals surface area contributed by atoms with E-state index in [0.717, 1.165) is 12.1 Å². The second-order valence-electron chi connectivity index (χ2n) is 2.15. The Hall–Kier alpha value is -1.00. The molecule has 0 aliphatic rings. The van der Waals surface area contributed by atoms with Crippen molar-refractivity contribution in [3.63, 3.8) is 0 Å². The minimum atomic E-state index is 0. The zero-order chi connectivity index (χ0) is 7.40. The Balaban J connectivity index is 0.000001000. The van der Waals surface area contributed by atoms with Gasteiger partial charge in [-0.15, -0.1) is 0 Å². The second kappa shape index (κ2) is 4.76. The molecule has 4 nitrogen and oxygen atoms in total. The monoisotopic (exact) mass is 154 g/mol. The SMILES string of the molecule is CCC(N)c1ccncn1.N. The van der Waals surface area contributed by atoms with Gasteiger partial charge in [0.15, 0.2) is 0 Å². The van der Waals surface area contributed by atoms with Gasteiger partial charge in [-0.3, -0.25) is 0 Å². The molecule has 1 heterocycles. The average Bonchev–Trinajstić information content (AvgIpc) is 2.05. The van der Waals surface area contributed by atoms with Crippen LogP contribution >= 0.6 is 0 Å². The minimum Gasteiger partial charge on any atom is -0.344 e. The van der Waals surface area contributed by atoms with Crippen molar-refractivity contribution >= 4 is 0 Å². The molecule has 0 spiro atoms. The Morgan fingerprint density at radius 3 is 2.82 bits per heavy atom. The Morgan fingerprint density at radius 1 is 1.64 bits per heavy atom. The van der Waals surface area contributed by atoms with Gasteiger partial charge in [-0.2, -0.15) is 0 Å². The molecule has 1 aromatic rings. The lowest BCUT2D eigenvalue weighted by Crippen LogP contribution is -2.10. The molecule has 0 aliphatic carbocycles. The topological polar surface area (TPSA) is 86.8 Å².